The summed E-state index contributed by atoms with van der Waals surface area (Å²) < 4.78 is 21.8. The molecule has 158 valence electrons. The first-order valence-electron chi connectivity index (χ1n) is 9.79. The Morgan fingerprint density at radius 2 is 1.81 bits per heavy atom. The molecule has 0 fully saturated rings. The predicted octanol–water partition coefficient (Wildman–Crippen LogP) is 3.67. The topological polar surface area (TPSA) is 74.8 Å². The molecule has 0 atom stereocenters. The largest absolute Gasteiger partial charge is 0.489 e. The lowest BCUT2D eigenvalue weighted by molar-refractivity contribution is 0.302. The third-order valence-electron chi connectivity index (χ3n) is 5.23. The fourth-order valence-electron chi connectivity index (χ4n) is 3.44. The lowest BCUT2D eigenvalue weighted by Gasteiger charge is -2.16. The Hall–Kier alpha value is -3.81. The summed E-state index contributed by atoms with van der Waals surface area (Å²) in [6, 6.07) is 12.6. The van der Waals surface area contributed by atoms with Crippen molar-refractivity contribution in [2.75, 3.05) is 0 Å². The summed E-state index contributed by atoms with van der Waals surface area (Å²) in [7, 11) is 1.56. The molecule has 2 heterocycles. The molecular weight excluding hydrogens is 397 g/mol. The Morgan fingerprint density at radius 1 is 1.00 bits per heavy atom. The van der Waals surface area contributed by atoms with Gasteiger partial charge in [-0.3, -0.25) is 4.98 Å². The van der Waals surface area contributed by atoms with Gasteiger partial charge >= 0.3 is 5.69 Å². The SMILES string of the molecule is Cc1cc(-c2ccc(F)cn2)c(C)cc1OCc1c(C)cccc1-n1nnn(C)c1=O. The molecule has 0 aliphatic rings. The molecule has 7 nitrogen and oxygen atoms in total. The average Bonchev–Trinajstić information content (AvgIpc) is 3.08. The number of aromatic nitrogens is 5. The summed E-state index contributed by atoms with van der Waals surface area (Å²) in [5.74, 6) is 0.360. The van der Waals surface area contributed by atoms with Gasteiger partial charge in [0.15, 0.2) is 0 Å². The van der Waals surface area contributed by atoms with Crippen molar-refractivity contribution in [1.29, 1.82) is 0 Å². The number of nitrogens with zero attached hydrogens (tertiary/aromatic N) is 5. The highest BCUT2D eigenvalue weighted by Crippen LogP contribution is 2.30. The normalized spacial score (nSPS) is 11.0. The number of pyridine rings is 1. The highest BCUT2D eigenvalue weighted by Gasteiger charge is 2.15. The zero-order valence-corrected chi connectivity index (χ0v) is 17.8. The van der Waals surface area contributed by atoms with Crippen LogP contribution in [0.2, 0.25) is 0 Å². The zero-order chi connectivity index (χ0) is 22.1. The van der Waals surface area contributed by atoms with Gasteiger partial charge in [0.1, 0.15) is 18.2 Å². The molecule has 0 saturated heterocycles. The molecule has 4 rings (SSSR count). The number of aryl methyl sites for hydroxylation is 4. The van der Waals surface area contributed by atoms with Crippen LogP contribution < -0.4 is 10.4 Å². The van der Waals surface area contributed by atoms with Crippen LogP contribution in [0.3, 0.4) is 0 Å². The van der Waals surface area contributed by atoms with Crippen molar-refractivity contribution < 1.29 is 9.13 Å². The monoisotopic (exact) mass is 419 g/mol. The quantitative estimate of drug-likeness (QED) is 0.493. The Kier molecular flexibility index (Phi) is 5.37. The molecule has 2 aromatic carbocycles. The van der Waals surface area contributed by atoms with Crippen molar-refractivity contribution in [3.05, 3.63) is 87.2 Å². The molecule has 8 heteroatoms. The zero-order valence-electron chi connectivity index (χ0n) is 17.8. The van der Waals surface area contributed by atoms with Crippen LogP contribution in [-0.4, -0.2) is 24.8 Å². The molecule has 0 unspecified atom stereocenters. The maximum Gasteiger partial charge on any atom is 0.368 e. The van der Waals surface area contributed by atoms with Crippen LogP contribution in [0.4, 0.5) is 4.39 Å². The Morgan fingerprint density at radius 3 is 2.48 bits per heavy atom. The van der Waals surface area contributed by atoms with Crippen LogP contribution in [0.15, 0.2) is 53.5 Å². The van der Waals surface area contributed by atoms with Gasteiger partial charge in [0, 0.05) is 18.2 Å². The lowest BCUT2D eigenvalue weighted by atomic mass is 10.0. The minimum atomic E-state index is -0.366. The van der Waals surface area contributed by atoms with E-state index in [1.54, 1.807) is 13.1 Å². The van der Waals surface area contributed by atoms with Gasteiger partial charge < -0.3 is 4.74 Å². The first-order chi connectivity index (χ1) is 14.8. The van der Waals surface area contributed by atoms with Gasteiger partial charge in [0.05, 0.1) is 17.6 Å². The highest BCUT2D eigenvalue weighted by molar-refractivity contribution is 5.66. The molecule has 4 aromatic rings. The highest BCUT2D eigenvalue weighted by atomic mass is 19.1. The molecular formula is C23H22FN5O2. The molecule has 0 aliphatic heterocycles. The van der Waals surface area contributed by atoms with Crippen molar-refractivity contribution in [3.8, 4) is 22.7 Å². The standard InChI is InChI=1S/C23H22FN5O2/c1-14-6-5-7-21(29-23(30)28(4)26-27-29)19(14)13-31-22-11-15(2)18(10-16(22)3)20-9-8-17(24)12-25-20/h5-12H,13H2,1-4H3. The summed E-state index contributed by atoms with van der Waals surface area (Å²) >= 11 is 0. The molecule has 31 heavy (non-hydrogen) atoms. The van der Waals surface area contributed by atoms with Gasteiger partial charge in [-0.15, -0.1) is 0 Å². The van der Waals surface area contributed by atoms with E-state index in [1.165, 1.54) is 21.6 Å². The second kappa shape index (κ2) is 8.14. The predicted molar refractivity (Wildman–Crippen MR) is 115 cm³/mol. The summed E-state index contributed by atoms with van der Waals surface area (Å²) in [6.45, 7) is 6.14. The number of benzene rings is 2. The Balaban J connectivity index is 1.65. The second-order valence-corrected chi connectivity index (χ2v) is 7.45. The number of hydrogen-bond donors (Lipinski definition) is 0. The minimum Gasteiger partial charge on any atom is -0.489 e. The fraction of sp³-hybridized carbons (Fsp3) is 0.217. The van der Waals surface area contributed by atoms with E-state index in [2.05, 4.69) is 15.4 Å². The Labute approximate surface area is 178 Å². The van der Waals surface area contributed by atoms with E-state index < -0.39 is 0 Å². The molecule has 0 bridgehead atoms. The first-order valence-corrected chi connectivity index (χ1v) is 9.79. The molecule has 0 aliphatic carbocycles. The van der Waals surface area contributed by atoms with Gasteiger partial charge in [0.2, 0.25) is 0 Å². The third-order valence-corrected chi connectivity index (χ3v) is 5.23. The number of halogens is 1. The van der Waals surface area contributed by atoms with Crippen molar-refractivity contribution in [1.82, 2.24) is 24.8 Å². The van der Waals surface area contributed by atoms with Crippen LogP contribution in [0.5, 0.6) is 5.75 Å². The number of rotatable bonds is 5. The van der Waals surface area contributed by atoms with E-state index in [4.69, 9.17) is 4.74 Å². The smallest absolute Gasteiger partial charge is 0.368 e. The van der Waals surface area contributed by atoms with E-state index >= 15 is 0 Å². The lowest BCUT2D eigenvalue weighted by Crippen LogP contribution is -2.23. The number of hydrogen-bond acceptors (Lipinski definition) is 5. The van der Waals surface area contributed by atoms with Gasteiger partial charge in [0.25, 0.3) is 0 Å². The van der Waals surface area contributed by atoms with Gasteiger partial charge in [-0.25, -0.2) is 9.18 Å². The van der Waals surface area contributed by atoms with Crippen LogP contribution in [0.1, 0.15) is 22.3 Å². The van der Waals surface area contributed by atoms with E-state index in [0.717, 1.165) is 33.6 Å². The van der Waals surface area contributed by atoms with Crippen LogP contribution in [0, 0.1) is 26.6 Å². The number of tetrazole rings is 1. The summed E-state index contributed by atoms with van der Waals surface area (Å²) in [6.07, 6.45) is 1.21. The van der Waals surface area contributed by atoms with E-state index in [1.807, 2.05) is 51.1 Å². The fourth-order valence-corrected chi connectivity index (χ4v) is 3.44. The van der Waals surface area contributed by atoms with Crippen molar-refractivity contribution in [2.45, 2.75) is 27.4 Å². The molecule has 0 amide bonds. The summed E-state index contributed by atoms with van der Waals surface area (Å²) in [5.41, 5.74) is 5.68. The third kappa shape index (κ3) is 3.96. The average molecular weight is 419 g/mol. The minimum absolute atomic E-state index is 0.263. The van der Waals surface area contributed by atoms with Gasteiger partial charge in [-0.2, -0.15) is 9.36 Å². The first kappa shape index (κ1) is 20.5. The van der Waals surface area contributed by atoms with Crippen LogP contribution in [-0.2, 0) is 13.7 Å². The Bertz CT molecular complexity index is 1310. The molecule has 0 spiro atoms. The molecule has 0 radical (unpaired) electrons. The van der Waals surface area contributed by atoms with Gasteiger partial charge in [-0.1, -0.05) is 12.1 Å². The second-order valence-electron chi connectivity index (χ2n) is 7.45. The van der Waals surface area contributed by atoms with Crippen LogP contribution in [0.25, 0.3) is 16.9 Å². The summed E-state index contributed by atoms with van der Waals surface area (Å²) in [5, 5.41) is 7.75. The summed E-state index contributed by atoms with van der Waals surface area (Å²) in [4.78, 5) is 16.5. The van der Waals surface area contributed by atoms with E-state index in [9.17, 15) is 9.18 Å². The van der Waals surface area contributed by atoms with Crippen LogP contribution >= 0.6 is 0 Å². The van der Waals surface area contributed by atoms with Gasteiger partial charge in [-0.05, 0) is 78.2 Å². The van der Waals surface area contributed by atoms with E-state index in [-0.39, 0.29) is 18.1 Å². The maximum atomic E-state index is 13.2. The molecule has 0 N–H and O–H groups in total. The van der Waals surface area contributed by atoms with Crippen molar-refractivity contribution in [3.63, 3.8) is 0 Å². The maximum absolute atomic E-state index is 13.2. The van der Waals surface area contributed by atoms with E-state index in [0.29, 0.717) is 11.4 Å². The molecule has 0 saturated carbocycles. The van der Waals surface area contributed by atoms with Crippen molar-refractivity contribution >= 4 is 0 Å². The molecule has 2 aromatic heterocycles. The number of ether oxygens (including phenoxy) is 1. The van der Waals surface area contributed by atoms with Crippen molar-refractivity contribution in [2.24, 2.45) is 7.05 Å².